The molecule has 0 aromatic carbocycles. The predicted octanol–water partition coefficient (Wildman–Crippen LogP) is 1.57. The molecule has 17 heavy (non-hydrogen) atoms. The summed E-state index contributed by atoms with van der Waals surface area (Å²) in [7, 11) is 0. The monoisotopic (exact) mass is 271 g/mol. The van der Waals surface area contributed by atoms with E-state index in [-0.39, 0.29) is 12.5 Å². The first kappa shape index (κ1) is 14.6. The lowest BCUT2D eigenvalue weighted by atomic mass is 9.90. The third kappa shape index (κ3) is 5.15. The maximum atomic E-state index is 12.9. The van der Waals surface area contributed by atoms with Crippen molar-refractivity contribution < 1.29 is 32.9 Å². The summed E-state index contributed by atoms with van der Waals surface area (Å²) in [4.78, 5) is 11.0. The topological polar surface area (TPSA) is 67.8 Å². The van der Waals surface area contributed by atoms with Crippen LogP contribution in [0.25, 0.3) is 0 Å². The number of carbonyl (C=O) groups excluding carboxylic acids is 1. The van der Waals surface area contributed by atoms with Gasteiger partial charge in [-0.15, -0.1) is 0 Å². The van der Waals surface area contributed by atoms with Gasteiger partial charge in [0.15, 0.2) is 0 Å². The Balaban J connectivity index is 2.27. The van der Waals surface area contributed by atoms with Crippen molar-refractivity contribution >= 4 is 18.0 Å². The highest BCUT2D eigenvalue weighted by Gasteiger charge is 2.44. The van der Waals surface area contributed by atoms with Gasteiger partial charge in [0.1, 0.15) is 12.0 Å². The van der Waals surface area contributed by atoms with E-state index in [0.29, 0.717) is 0 Å². The molecule has 0 radical (unpaired) electrons. The zero-order valence-electron chi connectivity index (χ0n) is 9.03. The second-order valence-corrected chi connectivity index (χ2v) is 4.65. The van der Waals surface area contributed by atoms with Gasteiger partial charge in [0.2, 0.25) is 0 Å². The Bertz CT molecular complexity index is 246. The van der Waals surface area contributed by atoms with E-state index in [1.165, 1.54) is 0 Å². The average Bonchev–Trinajstić information content (AvgIpc) is 2.34. The van der Waals surface area contributed by atoms with E-state index in [4.69, 9.17) is 0 Å². The van der Waals surface area contributed by atoms with E-state index in [1.807, 2.05) is 0 Å². The van der Waals surface area contributed by atoms with Crippen molar-refractivity contribution in [2.75, 3.05) is 6.61 Å². The van der Waals surface area contributed by atoms with Gasteiger partial charge in [0.05, 0.1) is 6.61 Å². The standard InChI is InChI=1S/C9H14F2O5S/c10-9(11,17-16-15-13)8(12)14-6-7-4-2-1-3-5-7/h7,13H,1-6H2/p-1. The lowest BCUT2D eigenvalue weighted by Gasteiger charge is -2.22. The fourth-order valence-electron chi connectivity index (χ4n) is 1.72. The van der Waals surface area contributed by atoms with Gasteiger partial charge in [-0.3, -0.25) is 5.04 Å². The van der Waals surface area contributed by atoms with E-state index in [1.54, 1.807) is 0 Å². The zero-order valence-corrected chi connectivity index (χ0v) is 9.84. The van der Waals surface area contributed by atoms with Gasteiger partial charge in [-0.25, -0.2) is 4.79 Å². The van der Waals surface area contributed by atoms with Crippen molar-refractivity contribution in [1.82, 2.24) is 0 Å². The maximum Gasteiger partial charge on any atom is 0.415 e. The fourth-order valence-corrected chi connectivity index (χ4v) is 1.96. The molecule has 0 spiro atoms. The third-order valence-electron chi connectivity index (χ3n) is 2.58. The van der Waals surface area contributed by atoms with Gasteiger partial charge in [-0.2, -0.15) is 13.1 Å². The predicted molar refractivity (Wildman–Crippen MR) is 52.2 cm³/mol. The van der Waals surface area contributed by atoms with Crippen LogP contribution in [0.3, 0.4) is 0 Å². The van der Waals surface area contributed by atoms with Gasteiger partial charge in [0, 0.05) is 0 Å². The number of carbonyl (C=O) groups is 1. The first-order chi connectivity index (χ1) is 8.06. The van der Waals surface area contributed by atoms with Crippen molar-refractivity contribution in [2.45, 2.75) is 37.4 Å². The van der Waals surface area contributed by atoms with Crippen LogP contribution in [0.2, 0.25) is 0 Å². The molecule has 0 aromatic rings. The Hall–Kier alpha value is -0.440. The molecule has 0 unspecified atom stereocenters. The Morgan fingerprint density at radius 2 is 2.00 bits per heavy atom. The van der Waals surface area contributed by atoms with Crippen molar-refractivity contribution in [3.63, 3.8) is 0 Å². The van der Waals surface area contributed by atoms with E-state index in [9.17, 15) is 18.8 Å². The second-order valence-electron chi connectivity index (χ2n) is 3.84. The van der Waals surface area contributed by atoms with Crippen LogP contribution in [-0.2, 0) is 18.9 Å². The minimum atomic E-state index is -3.93. The lowest BCUT2D eigenvalue weighted by Crippen LogP contribution is -2.30. The zero-order chi connectivity index (χ0) is 12.7. The second kappa shape index (κ2) is 7.10. The van der Waals surface area contributed by atoms with E-state index >= 15 is 0 Å². The highest BCUT2D eigenvalue weighted by molar-refractivity contribution is 7.96. The van der Waals surface area contributed by atoms with Crippen LogP contribution < -0.4 is 5.26 Å². The van der Waals surface area contributed by atoms with Crippen molar-refractivity contribution in [2.24, 2.45) is 5.92 Å². The summed E-state index contributed by atoms with van der Waals surface area (Å²) in [6, 6.07) is 0. The molecule has 0 heterocycles. The van der Waals surface area contributed by atoms with E-state index in [0.717, 1.165) is 32.1 Å². The Kier molecular flexibility index (Phi) is 6.10. The summed E-state index contributed by atoms with van der Waals surface area (Å²) in [6.45, 7) is -0.0206. The molecule has 0 aliphatic heterocycles. The molecule has 0 amide bonds. The third-order valence-corrected chi connectivity index (χ3v) is 3.08. The number of halogens is 2. The molecule has 5 nitrogen and oxygen atoms in total. The van der Waals surface area contributed by atoms with Crippen LogP contribution >= 0.6 is 12.0 Å². The highest BCUT2D eigenvalue weighted by Crippen LogP contribution is 2.32. The van der Waals surface area contributed by atoms with Crippen molar-refractivity contribution in [3.05, 3.63) is 0 Å². The van der Waals surface area contributed by atoms with E-state index < -0.39 is 23.3 Å². The highest BCUT2D eigenvalue weighted by atomic mass is 32.2. The van der Waals surface area contributed by atoms with Gasteiger partial charge in [0.25, 0.3) is 0 Å². The molecule has 0 bridgehead atoms. The van der Waals surface area contributed by atoms with Gasteiger partial charge < -0.3 is 9.99 Å². The molecule has 1 fully saturated rings. The van der Waals surface area contributed by atoms with Crippen LogP contribution in [0, 0.1) is 5.92 Å². The average molecular weight is 271 g/mol. The summed E-state index contributed by atoms with van der Waals surface area (Å²) < 4.78 is 33.7. The first-order valence-corrected chi connectivity index (χ1v) is 6.00. The molecule has 1 rings (SSSR count). The molecule has 1 saturated carbocycles. The quantitative estimate of drug-likeness (QED) is 0.316. The molecule has 0 N–H and O–H groups in total. The van der Waals surface area contributed by atoms with Crippen LogP contribution in [0.5, 0.6) is 0 Å². The molecule has 1 aliphatic rings. The number of hydrogen-bond acceptors (Lipinski definition) is 6. The minimum absolute atomic E-state index is 0.0206. The number of alkyl halides is 2. The van der Waals surface area contributed by atoms with Gasteiger partial charge in [-0.1, -0.05) is 19.3 Å². The summed E-state index contributed by atoms with van der Waals surface area (Å²) in [5.41, 5.74) is 0. The Morgan fingerprint density at radius 1 is 1.35 bits per heavy atom. The summed E-state index contributed by atoms with van der Waals surface area (Å²) in [5.74, 6) is -1.57. The van der Waals surface area contributed by atoms with Gasteiger partial charge >= 0.3 is 11.2 Å². The summed E-state index contributed by atoms with van der Waals surface area (Å²) in [6.07, 6.45) is 4.95. The van der Waals surface area contributed by atoms with Crippen LogP contribution in [-0.4, -0.2) is 17.8 Å². The molecule has 0 atom stereocenters. The molecule has 8 heteroatoms. The van der Waals surface area contributed by atoms with Gasteiger partial charge in [-0.05, 0) is 18.8 Å². The van der Waals surface area contributed by atoms with E-state index in [2.05, 4.69) is 14.1 Å². The van der Waals surface area contributed by atoms with Crippen LogP contribution in [0.1, 0.15) is 32.1 Å². The normalized spacial score (nSPS) is 18.1. The molecular weight excluding hydrogens is 258 g/mol. The Morgan fingerprint density at radius 3 is 2.59 bits per heavy atom. The number of rotatable bonds is 6. The smallest absolute Gasteiger partial charge is 0.415 e. The SMILES string of the molecule is O=C(OCC1CCCCC1)C(F)(F)SOO[O-]. The lowest BCUT2D eigenvalue weighted by molar-refractivity contribution is -0.777. The van der Waals surface area contributed by atoms with Crippen LogP contribution in [0.15, 0.2) is 0 Å². The molecule has 0 saturated heterocycles. The molecular formula is C9H13F2O5S-. The first-order valence-electron chi connectivity index (χ1n) is 5.25. The van der Waals surface area contributed by atoms with Crippen LogP contribution in [0.4, 0.5) is 8.78 Å². The fraction of sp³-hybridized carbons (Fsp3) is 0.889. The van der Waals surface area contributed by atoms with Crippen molar-refractivity contribution in [1.29, 1.82) is 0 Å². The largest absolute Gasteiger partial charge is 0.691 e. The summed E-state index contributed by atoms with van der Waals surface area (Å²) in [5, 5.41) is 8.19. The minimum Gasteiger partial charge on any atom is -0.691 e. The number of hydrogen-bond donors (Lipinski definition) is 0. The molecule has 1 aliphatic carbocycles. The molecule has 100 valence electrons. The maximum absolute atomic E-state index is 12.9. The summed E-state index contributed by atoms with van der Waals surface area (Å²) >= 11 is -0.669. The number of ether oxygens (including phenoxy) is 1. The van der Waals surface area contributed by atoms with Crippen molar-refractivity contribution in [3.8, 4) is 0 Å². The molecule has 0 aromatic heterocycles. The number of esters is 1. The Labute approximate surface area is 101 Å².